The predicted octanol–water partition coefficient (Wildman–Crippen LogP) is 2.88. The predicted molar refractivity (Wildman–Crippen MR) is 93.8 cm³/mol. The Morgan fingerprint density at radius 3 is 2.69 bits per heavy atom. The van der Waals surface area contributed by atoms with E-state index in [2.05, 4.69) is 5.32 Å². The van der Waals surface area contributed by atoms with E-state index in [9.17, 15) is 14.0 Å². The molecular formula is C18H16ClFN2O4. The fraction of sp³-hybridized carbons (Fsp3) is 0.222. The first-order valence-electron chi connectivity index (χ1n) is 7.82. The Hall–Kier alpha value is -2.80. The lowest BCUT2D eigenvalue weighted by Crippen LogP contribution is -2.39. The van der Waals surface area contributed by atoms with Gasteiger partial charge in [0.15, 0.2) is 11.5 Å². The second-order valence-corrected chi connectivity index (χ2v) is 6.08. The number of amides is 2. The van der Waals surface area contributed by atoms with Crippen LogP contribution < -0.4 is 19.7 Å². The van der Waals surface area contributed by atoms with Gasteiger partial charge >= 0.3 is 0 Å². The van der Waals surface area contributed by atoms with E-state index in [0.29, 0.717) is 17.2 Å². The molecule has 26 heavy (non-hydrogen) atoms. The van der Waals surface area contributed by atoms with Gasteiger partial charge in [0.05, 0.1) is 5.02 Å². The number of anilines is 1. The highest BCUT2D eigenvalue weighted by Gasteiger charge is 2.18. The number of rotatable bonds is 5. The quantitative estimate of drug-likeness (QED) is 0.868. The van der Waals surface area contributed by atoms with Gasteiger partial charge in [-0.05, 0) is 35.9 Å². The highest BCUT2D eigenvalue weighted by molar-refractivity contribution is 6.31. The van der Waals surface area contributed by atoms with Crippen LogP contribution in [0.1, 0.15) is 12.5 Å². The molecule has 0 radical (unpaired) electrons. The van der Waals surface area contributed by atoms with Crippen molar-refractivity contribution in [2.75, 3.05) is 18.2 Å². The van der Waals surface area contributed by atoms with Crippen LogP contribution in [-0.2, 0) is 16.1 Å². The average molecular weight is 379 g/mol. The summed E-state index contributed by atoms with van der Waals surface area (Å²) in [5.41, 5.74) is 1.18. The highest BCUT2D eigenvalue weighted by atomic mass is 35.5. The van der Waals surface area contributed by atoms with Gasteiger partial charge in [-0.25, -0.2) is 4.39 Å². The minimum absolute atomic E-state index is 0.116. The zero-order valence-corrected chi connectivity index (χ0v) is 14.7. The van der Waals surface area contributed by atoms with Crippen molar-refractivity contribution in [2.45, 2.75) is 13.5 Å². The second kappa shape index (κ2) is 7.61. The van der Waals surface area contributed by atoms with Crippen molar-refractivity contribution in [1.29, 1.82) is 0 Å². The smallest absolute Gasteiger partial charge is 0.240 e. The van der Waals surface area contributed by atoms with Gasteiger partial charge in [0.25, 0.3) is 0 Å². The van der Waals surface area contributed by atoms with Gasteiger partial charge in [-0.15, -0.1) is 0 Å². The van der Waals surface area contributed by atoms with Crippen molar-refractivity contribution in [1.82, 2.24) is 5.32 Å². The van der Waals surface area contributed by atoms with Crippen LogP contribution in [0.3, 0.4) is 0 Å². The van der Waals surface area contributed by atoms with E-state index in [1.54, 1.807) is 12.1 Å². The lowest BCUT2D eigenvalue weighted by atomic mass is 10.2. The third-order valence-corrected chi connectivity index (χ3v) is 4.11. The van der Waals surface area contributed by atoms with Gasteiger partial charge in [0, 0.05) is 19.2 Å². The first-order chi connectivity index (χ1) is 12.4. The summed E-state index contributed by atoms with van der Waals surface area (Å²) in [6.07, 6.45) is 0. The number of nitrogens with one attached hydrogen (secondary N) is 1. The maximum absolute atomic E-state index is 13.3. The van der Waals surface area contributed by atoms with E-state index in [1.807, 2.05) is 6.07 Å². The summed E-state index contributed by atoms with van der Waals surface area (Å²) >= 11 is 5.75. The molecule has 0 fully saturated rings. The summed E-state index contributed by atoms with van der Waals surface area (Å²) in [6.45, 7) is 1.56. The van der Waals surface area contributed by atoms with Crippen LogP contribution in [0.4, 0.5) is 10.1 Å². The molecule has 0 aliphatic carbocycles. The lowest BCUT2D eigenvalue weighted by molar-refractivity contribution is -0.123. The zero-order valence-electron chi connectivity index (χ0n) is 13.9. The van der Waals surface area contributed by atoms with Crippen LogP contribution in [0.25, 0.3) is 0 Å². The first-order valence-corrected chi connectivity index (χ1v) is 8.20. The van der Waals surface area contributed by atoms with Gasteiger partial charge in [0.2, 0.25) is 18.6 Å². The average Bonchev–Trinajstić information content (AvgIpc) is 3.08. The number of benzene rings is 2. The molecule has 0 aromatic heterocycles. The number of nitrogens with zero attached hydrogens (tertiary/aromatic N) is 1. The SMILES string of the molecule is CC(=O)N(CC(=O)NCc1ccc2c(c1)OCO2)c1ccc(F)c(Cl)c1. The standard InChI is InChI=1S/C18H16ClFN2O4/c1-11(23)22(13-3-4-15(20)14(19)7-13)9-18(24)21-8-12-2-5-16-17(6-12)26-10-25-16/h2-7H,8-10H2,1H3,(H,21,24). The largest absolute Gasteiger partial charge is 0.454 e. The summed E-state index contributed by atoms with van der Waals surface area (Å²) < 4.78 is 23.8. The molecule has 0 atom stereocenters. The van der Waals surface area contributed by atoms with Crippen molar-refractivity contribution >= 4 is 29.1 Å². The molecule has 1 heterocycles. The topological polar surface area (TPSA) is 67.9 Å². The van der Waals surface area contributed by atoms with Gasteiger partial charge in [0.1, 0.15) is 12.4 Å². The Bertz CT molecular complexity index is 859. The molecule has 8 heteroatoms. The van der Waals surface area contributed by atoms with E-state index >= 15 is 0 Å². The number of fused-ring (bicyclic) bond motifs is 1. The highest BCUT2D eigenvalue weighted by Crippen LogP contribution is 2.32. The molecule has 1 aliphatic rings. The van der Waals surface area contributed by atoms with Crippen LogP contribution in [0.15, 0.2) is 36.4 Å². The molecule has 3 rings (SSSR count). The summed E-state index contributed by atoms with van der Waals surface area (Å²) in [5, 5.41) is 2.62. The molecule has 0 saturated heterocycles. The molecule has 2 aromatic carbocycles. The van der Waals surface area contributed by atoms with Crippen molar-refractivity contribution in [3.05, 3.63) is 52.8 Å². The number of ether oxygens (including phenoxy) is 2. The Kier molecular flexibility index (Phi) is 5.27. The fourth-order valence-corrected chi connectivity index (χ4v) is 2.66. The normalized spacial score (nSPS) is 12.0. The van der Waals surface area contributed by atoms with Crippen molar-refractivity contribution in [3.63, 3.8) is 0 Å². The van der Waals surface area contributed by atoms with Gasteiger partial charge in [-0.3, -0.25) is 9.59 Å². The van der Waals surface area contributed by atoms with E-state index in [4.69, 9.17) is 21.1 Å². The summed E-state index contributed by atoms with van der Waals surface area (Å²) in [7, 11) is 0. The van der Waals surface area contributed by atoms with Crippen LogP contribution in [0, 0.1) is 5.82 Å². The molecule has 1 aliphatic heterocycles. The molecule has 1 N–H and O–H groups in total. The van der Waals surface area contributed by atoms with Gasteiger partial charge in [-0.1, -0.05) is 17.7 Å². The zero-order chi connectivity index (χ0) is 18.7. The van der Waals surface area contributed by atoms with Crippen LogP contribution >= 0.6 is 11.6 Å². The van der Waals surface area contributed by atoms with Crippen LogP contribution in [0.2, 0.25) is 5.02 Å². The summed E-state index contributed by atoms with van der Waals surface area (Å²) in [4.78, 5) is 25.3. The molecule has 0 bridgehead atoms. The lowest BCUT2D eigenvalue weighted by Gasteiger charge is -2.21. The van der Waals surface area contributed by atoms with Crippen molar-refractivity contribution in [3.8, 4) is 11.5 Å². The monoisotopic (exact) mass is 378 g/mol. The summed E-state index contributed by atoms with van der Waals surface area (Å²) in [6, 6.07) is 9.23. The maximum atomic E-state index is 13.3. The number of carbonyl (C=O) groups is 2. The van der Waals surface area contributed by atoms with E-state index < -0.39 is 5.82 Å². The number of carbonyl (C=O) groups excluding carboxylic acids is 2. The van der Waals surface area contributed by atoms with Crippen molar-refractivity contribution in [2.24, 2.45) is 0 Å². The Morgan fingerprint density at radius 2 is 1.96 bits per heavy atom. The molecule has 0 saturated carbocycles. The van der Waals surface area contributed by atoms with Crippen molar-refractivity contribution < 1.29 is 23.5 Å². The van der Waals surface area contributed by atoms with E-state index in [-0.39, 0.29) is 36.7 Å². The number of hydrogen-bond donors (Lipinski definition) is 1. The molecular weight excluding hydrogens is 363 g/mol. The Morgan fingerprint density at radius 1 is 1.19 bits per heavy atom. The third kappa shape index (κ3) is 4.05. The Balaban J connectivity index is 1.63. The second-order valence-electron chi connectivity index (χ2n) is 5.67. The number of halogens is 2. The minimum Gasteiger partial charge on any atom is -0.454 e. The molecule has 6 nitrogen and oxygen atoms in total. The fourth-order valence-electron chi connectivity index (χ4n) is 2.49. The summed E-state index contributed by atoms with van der Waals surface area (Å²) in [5.74, 6) is -0.0190. The molecule has 2 aromatic rings. The third-order valence-electron chi connectivity index (χ3n) is 3.82. The van der Waals surface area contributed by atoms with E-state index in [1.165, 1.54) is 24.0 Å². The molecule has 2 amide bonds. The van der Waals surface area contributed by atoms with Gasteiger partial charge < -0.3 is 19.7 Å². The van der Waals surface area contributed by atoms with E-state index in [0.717, 1.165) is 11.6 Å². The van der Waals surface area contributed by atoms with Crippen LogP contribution in [-0.4, -0.2) is 25.2 Å². The van der Waals surface area contributed by atoms with Gasteiger partial charge in [-0.2, -0.15) is 0 Å². The molecule has 0 spiro atoms. The maximum Gasteiger partial charge on any atom is 0.240 e. The van der Waals surface area contributed by atoms with Crippen LogP contribution in [0.5, 0.6) is 11.5 Å². The Labute approximate surface area is 154 Å². The molecule has 0 unspecified atom stereocenters. The number of hydrogen-bond acceptors (Lipinski definition) is 4. The minimum atomic E-state index is -0.592. The molecule has 136 valence electrons. The first kappa shape index (κ1) is 18.0.